The number of benzene rings is 3. The summed E-state index contributed by atoms with van der Waals surface area (Å²) in [5, 5.41) is 30.0. The number of hydrogen-bond acceptors (Lipinski definition) is 7. The second-order valence-corrected chi connectivity index (χ2v) is 7.03. The van der Waals surface area contributed by atoms with E-state index in [-0.39, 0.29) is 44.6 Å². The standard InChI is InChI=1S/C24H14O7/c25-14-5-1-3-12(7-14)16-10-30-18-9-19-21(24(29)20(18)22(16)27)23(28)17(11-31-19)13-4-2-6-15(26)8-13/h1-11,25-26,29H. The van der Waals surface area contributed by atoms with E-state index in [0.29, 0.717) is 11.1 Å². The first-order valence-electron chi connectivity index (χ1n) is 9.26. The van der Waals surface area contributed by atoms with Crippen molar-refractivity contribution in [2.24, 2.45) is 0 Å². The molecule has 7 heteroatoms. The number of aromatic hydroxyl groups is 3. The van der Waals surface area contributed by atoms with Gasteiger partial charge in [-0.25, -0.2) is 0 Å². The van der Waals surface area contributed by atoms with Crippen LogP contribution < -0.4 is 10.9 Å². The molecule has 3 aromatic carbocycles. The van der Waals surface area contributed by atoms with Crippen molar-refractivity contribution in [3.8, 4) is 39.5 Å². The summed E-state index contributed by atoms with van der Waals surface area (Å²) in [5.41, 5.74) is 0.00525. The fourth-order valence-corrected chi connectivity index (χ4v) is 3.61. The Hall–Kier alpha value is -4.52. The lowest BCUT2D eigenvalue weighted by Crippen LogP contribution is -2.09. The van der Waals surface area contributed by atoms with E-state index in [1.165, 1.54) is 42.9 Å². The monoisotopic (exact) mass is 414 g/mol. The van der Waals surface area contributed by atoms with Gasteiger partial charge in [-0.15, -0.1) is 0 Å². The van der Waals surface area contributed by atoms with Gasteiger partial charge >= 0.3 is 0 Å². The molecule has 0 aliphatic heterocycles. The average Bonchev–Trinajstić information content (AvgIpc) is 2.74. The molecule has 0 bridgehead atoms. The third-order valence-electron chi connectivity index (χ3n) is 5.09. The summed E-state index contributed by atoms with van der Waals surface area (Å²) in [6.45, 7) is 0. The maximum absolute atomic E-state index is 13.1. The summed E-state index contributed by atoms with van der Waals surface area (Å²) >= 11 is 0. The van der Waals surface area contributed by atoms with Gasteiger partial charge in [-0.05, 0) is 35.4 Å². The third-order valence-corrected chi connectivity index (χ3v) is 5.09. The molecule has 0 fully saturated rings. The Morgan fingerprint density at radius 1 is 0.613 bits per heavy atom. The van der Waals surface area contributed by atoms with Crippen LogP contribution in [0.25, 0.3) is 44.2 Å². The molecule has 0 radical (unpaired) electrons. The summed E-state index contributed by atoms with van der Waals surface area (Å²) in [6, 6.07) is 13.5. The summed E-state index contributed by atoms with van der Waals surface area (Å²) in [5.74, 6) is -0.619. The van der Waals surface area contributed by atoms with Crippen LogP contribution >= 0.6 is 0 Å². The molecule has 2 heterocycles. The molecule has 5 rings (SSSR count). The van der Waals surface area contributed by atoms with Gasteiger partial charge in [0.25, 0.3) is 0 Å². The molecule has 0 unspecified atom stereocenters. The number of phenols is 3. The van der Waals surface area contributed by atoms with Crippen LogP contribution in [0.2, 0.25) is 0 Å². The maximum Gasteiger partial charge on any atom is 0.204 e. The Kier molecular flexibility index (Phi) is 4.04. The molecule has 31 heavy (non-hydrogen) atoms. The highest BCUT2D eigenvalue weighted by Crippen LogP contribution is 2.34. The molecule has 0 atom stereocenters. The van der Waals surface area contributed by atoms with Crippen LogP contribution in [0.1, 0.15) is 0 Å². The van der Waals surface area contributed by atoms with Gasteiger partial charge in [-0.2, -0.15) is 0 Å². The molecule has 0 aliphatic carbocycles. The smallest absolute Gasteiger partial charge is 0.204 e. The Morgan fingerprint density at radius 3 is 1.48 bits per heavy atom. The van der Waals surface area contributed by atoms with Crippen molar-refractivity contribution in [1.82, 2.24) is 0 Å². The minimum atomic E-state index is -0.562. The van der Waals surface area contributed by atoms with Gasteiger partial charge in [0.2, 0.25) is 10.9 Å². The Labute approximate surface area is 173 Å². The first kappa shape index (κ1) is 18.5. The van der Waals surface area contributed by atoms with Gasteiger partial charge < -0.3 is 24.2 Å². The van der Waals surface area contributed by atoms with Crippen LogP contribution in [-0.4, -0.2) is 15.3 Å². The summed E-state index contributed by atoms with van der Waals surface area (Å²) in [6.07, 6.45) is 2.45. The van der Waals surface area contributed by atoms with Crippen molar-refractivity contribution < 1.29 is 24.2 Å². The lowest BCUT2D eigenvalue weighted by Gasteiger charge is -2.08. The van der Waals surface area contributed by atoms with Crippen LogP contribution in [0.15, 0.2) is 85.5 Å². The van der Waals surface area contributed by atoms with E-state index < -0.39 is 16.6 Å². The Bertz CT molecular complexity index is 1490. The quantitative estimate of drug-likeness (QED) is 0.367. The van der Waals surface area contributed by atoms with Gasteiger partial charge in [-0.1, -0.05) is 24.3 Å². The highest BCUT2D eigenvalue weighted by atomic mass is 16.3. The molecule has 3 N–H and O–H groups in total. The summed E-state index contributed by atoms with van der Waals surface area (Å²) in [4.78, 5) is 26.3. The van der Waals surface area contributed by atoms with E-state index in [0.717, 1.165) is 0 Å². The zero-order valence-corrected chi connectivity index (χ0v) is 15.8. The first-order valence-corrected chi connectivity index (χ1v) is 9.26. The summed E-state index contributed by atoms with van der Waals surface area (Å²) < 4.78 is 11.1. The van der Waals surface area contributed by atoms with Crippen molar-refractivity contribution in [3.63, 3.8) is 0 Å². The second-order valence-electron chi connectivity index (χ2n) is 7.03. The second kappa shape index (κ2) is 6.77. The molecule has 0 aliphatic rings. The van der Waals surface area contributed by atoms with Crippen molar-refractivity contribution in [2.45, 2.75) is 0 Å². The number of phenolic OH excluding ortho intramolecular Hbond substituents is 3. The largest absolute Gasteiger partial charge is 0.508 e. The first-order chi connectivity index (χ1) is 14.9. The third kappa shape index (κ3) is 2.91. The zero-order valence-electron chi connectivity index (χ0n) is 15.8. The van der Waals surface area contributed by atoms with Crippen molar-refractivity contribution in [3.05, 3.63) is 87.6 Å². The van der Waals surface area contributed by atoms with Crippen molar-refractivity contribution >= 4 is 21.9 Å². The number of hydrogen-bond donors (Lipinski definition) is 3. The average molecular weight is 414 g/mol. The minimum Gasteiger partial charge on any atom is -0.508 e. The highest BCUT2D eigenvalue weighted by Gasteiger charge is 2.20. The Balaban J connectivity index is 1.83. The van der Waals surface area contributed by atoms with E-state index in [1.807, 2.05) is 0 Å². The molecule has 0 saturated carbocycles. The normalized spacial score (nSPS) is 11.2. The molecule has 152 valence electrons. The molecule has 7 nitrogen and oxygen atoms in total. The van der Waals surface area contributed by atoms with Crippen LogP contribution in [-0.2, 0) is 0 Å². The molecule has 5 aromatic rings. The van der Waals surface area contributed by atoms with Crippen LogP contribution in [0.5, 0.6) is 17.2 Å². The van der Waals surface area contributed by atoms with Gasteiger partial charge in [0.15, 0.2) is 0 Å². The molecule has 0 saturated heterocycles. The predicted octanol–water partition coefficient (Wildman–Crippen LogP) is 4.35. The van der Waals surface area contributed by atoms with Gasteiger partial charge in [0.05, 0.1) is 11.1 Å². The zero-order chi connectivity index (χ0) is 21.7. The highest BCUT2D eigenvalue weighted by molar-refractivity contribution is 6.02. The number of rotatable bonds is 2. The van der Waals surface area contributed by atoms with Crippen molar-refractivity contribution in [1.29, 1.82) is 0 Å². The SMILES string of the molecule is O=c1c(-c2cccc(O)c2)coc2cc3occ(-c4cccc(O)c4)c(=O)c3c(O)c12. The van der Waals surface area contributed by atoms with E-state index in [1.54, 1.807) is 24.3 Å². The van der Waals surface area contributed by atoms with Gasteiger partial charge in [0, 0.05) is 6.07 Å². The molecular weight excluding hydrogens is 400 g/mol. The fourth-order valence-electron chi connectivity index (χ4n) is 3.61. The lowest BCUT2D eigenvalue weighted by atomic mass is 10.0. The maximum atomic E-state index is 13.1. The topological polar surface area (TPSA) is 121 Å². The predicted molar refractivity (Wildman–Crippen MR) is 114 cm³/mol. The van der Waals surface area contributed by atoms with E-state index in [2.05, 4.69) is 0 Å². The fraction of sp³-hybridized carbons (Fsp3) is 0. The van der Waals surface area contributed by atoms with Crippen LogP contribution in [0, 0.1) is 0 Å². The molecule has 0 spiro atoms. The van der Waals surface area contributed by atoms with Crippen LogP contribution in [0.3, 0.4) is 0 Å². The van der Waals surface area contributed by atoms with E-state index in [9.17, 15) is 24.9 Å². The minimum absolute atomic E-state index is 0.0314. The number of fused-ring (bicyclic) bond motifs is 2. The van der Waals surface area contributed by atoms with E-state index >= 15 is 0 Å². The van der Waals surface area contributed by atoms with Crippen LogP contribution in [0.4, 0.5) is 0 Å². The lowest BCUT2D eigenvalue weighted by molar-refractivity contribution is 0.475. The molecule has 2 aromatic heterocycles. The van der Waals surface area contributed by atoms with Gasteiger partial charge in [-0.3, -0.25) is 9.59 Å². The Morgan fingerprint density at radius 2 is 1.06 bits per heavy atom. The van der Waals surface area contributed by atoms with Crippen molar-refractivity contribution in [2.75, 3.05) is 0 Å². The van der Waals surface area contributed by atoms with E-state index in [4.69, 9.17) is 8.83 Å². The summed E-state index contributed by atoms with van der Waals surface area (Å²) in [7, 11) is 0. The van der Waals surface area contributed by atoms with Gasteiger partial charge in [0.1, 0.15) is 51.7 Å². The molecular formula is C24H14O7. The molecule has 0 amide bonds.